The van der Waals surface area contributed by atoms with E-state index in [1.54, 1.807) is 36.4 Å². The summed E-state index contributed by atoms with van der Waals surface area (Å²) in [5.74, 6) is 0.460. The minimum absolute atomic E-state index is 0.0902. The Bertz CT molecular complexity index is 1120. The van der Waals surface area contributed by atoms with Crippen molar-refractivity contribution < 1.29 is 16.8 Å². The van der Waals surface area contributed by atoms with Gasteiger partial charge in [-0.2, -0.15) is 4.31 Å². The van der Waals surface area contributed by atoms with Crippen LogP contribution in [0.5, 0.6) is 0 Å². The first-order valence-electron chi connectivity index (χ1n) is 9.24. The standard InChI is InChI=1S/C20H22N2O4S2/c1-21-19-17-9-5-6-10-18(17)27(23,24)20(19)22(14-13-15-11-12-15)28(25,26)16-7-3-2-4-8-16/h2-10,15,20H,11-14H2,1H3. The predicted molar refractivity (Wildman–Crippen MR) is 108 cm³/mol. The van der Waals surface area contributed by atoms with Crippen molar-refractivity contribution >= 4 is 25.6 Å². The van der Waals surface area contributed by atoms with E-state index in [2.05, 4.69) is 4.99 Å². The summed E-state index contributed by atoms with van der Waals surface area (Å²) in [6.07, 6.45) is 2.77. The van der Waals surface area contributed by atoms with Crippen LogP contribution in [0.3, 0.4) is 0 Å². The summed E-state index contributed by atoms with van der Waals surface area (Å²) in [5, 5.41) is -1.33. The van der Waals surface area contributed by atoms with Crippen molar-refractivity contribution in [1.82, 2.24) is 4.31 Å². The van der Waals surface area contributed by atoms with Crippen LogP contribution in [0.25, 0.3) is 0 Å². The molecule has 0 spiro atoms. The molecule has 1 saturated carbocycles. The van der Waals surface area contributed by atoms with Crippen LogP contribution in [0.2, 0.25) is 0 Å². The van der Waals surface area contributed by atoms with E-state index in [4.69, 9.17) is 0 Å². The number of aliphatic imine (C=N–C) groups is 1. The zero-order valence-electron chi connectivity index (χ0n) is 15.5. The highest BCUT2D eigenvalue weighted by Crippen LogP contribution is 2.38. The first-order chi connectivity index (χ1) is 13.4. The zero-order valence-corrected chi connectivity index (χ0v) is 17.2. The molecule has 8 heteroatoms. The van der Waals surface area contributed by atoms with Crippen LogP contribution in [-0.2, 0) is 19.9 Å². The van der Waals surface area contributed by atoms with E-state index in [0.29, 0.717) is 17.9 Å². The largest absolute Gasteiger partial charge is 0.290 e. The molecule has 0 amide bonds. The Morgan fingerprint density at radius 3 is 2.32 bits per heavy atom. The summed E-state index contributed by atoms with van der Waals surface area (Å²) in [7, 11) is -6.41. The molecule has 2 aromatic carbocycles. The maximum absolute atomic E-state index is 13.5. The van der Waals surface area contributed by atoms with Gasteiger partial charge in [0.05, 0.1) is 15.5 Å². The van der Waals surface area contributed by atoms with Crippen LogP contribution in [0, 0.1) is 5.92 Å². The van der Waals surface area contributed by atoms with Crippen LogP contribution in [0.15, 0.2) is 69.4 Å². The molecular formula is C20H22N2O4S2. The molecule has 1 aliphatic carbocycles. The minimum Gasteiger partial charge on any atom is -0.290 e. The predicted octanol–water partition coefficient (Wildman–Crippen LogP) is 2.71. The van der Waals surface area contributed by atoms with Gasteiger partial charge in [-0.25, -0.2) is 16.8 Å². The number of fused-ring (bicyclic) bond motifs is 1. The molecule has 4 rings (SSSR count). The molecule has 1 aliphatic heterocycles. The molecule has 1 unspecified atom stereocenters. The summed E-state index contributed by atoms with van der Waals surface area (Å²) in [6, 6.07) is 14.6. The Morgan fingerprint density at radius 2 is 1.68 bits per heavy atom. The Kier molecular flexibility index (Phi) is 4.89. The number of nitrogens with zero attached hydrogens (tertiary/aromatic N) is 2. The van der Waals surface area contributed by atoms with E-state index >= 15 is 0 Å². The fourth-order valence-electron chi connectivity index (χ4n) is 3.66. The molecule has 0 N–H and O–H groups in total. The molecular weight excluding hydrogens is 396 g/mol. The maximum Gasteiger partial charge on any atom is 0.244 e. The highest BCUT2D eigenvalue weighted by Gasteiger charge is 2.49. The van der Waals surface area contributed by atoms with E-state index in [-0.39, 0.29) is 22.0 Å². The van der Waals surface area contributed by atoms with Crippen LogP contribution in [-0.4, -0.2) is 45.8 Å². The third-order valence-electron chi connectivity index (χ3n) is 5.30. The van der Waals surface area contributed by atoms with Gasteiger partial charge in [0.2, 0.25) is 19.9 Å². The monoisotopic (exact) mass is 418 g/mol. The quantitative estimate of drug-likeness (QED) is 0.722. The summed E-state index contributed by atoms with van der Waals surface area (Å²) in [6.45, 7) is 0.152. The normalized spacial score (nSPS) is 22.5. The first kappa shape index (κ1) is 19.3. The molecule has 0 bridgehead atoms. The fourth-order valence-corrected chi connectivity index (χ4v) is 7.73. The second-order valence-corrected chi connectivity index (χ2v) is 11.0. The molecule has 1 fully saturated rings. The molecule has 6 nitrogen and oxygen atoms in total. The van der Waals surface area contributed by atoms with Crippen LogP contribution >= 0.6 is 0 Å². The van der Waals surface area contributed by atoms with Gasteiger partial charge >= 0.3 is 0 Å². The molecule has 0 radical (unpaired) electrons. The maximum atomic E-state index is 13.5. The Hall–Kier alpha value is -2.03. The van der Waals surface area contributed by atoms with Crippen molar-refractivity contribution in [3.8, 4) is 0 Å². The Morgan fingerprint density at radius 1 is 1.04 bits per heavy atom. The second-order valence-electron chi connectivity index (χ2n) is 7.16. The van der Waals surface area contributed by atoms with Crippen molar-refractivity contribution in [3.05, 3.63) is 60.2 Å². The molecule has 28 heavy (non-hydrogen) atoms. The van der Waals surface area contributed by atoms with Gasteiger partial charge in [0, 0.05) is 19.2 Å². The number of sulfonamides is 1. The smallest absolute Gasteiger partial charge is 0.244 e. The molecule has 2 aromatic rings. The van der Waals surface area contributed by atoms with Crippen LogP contribution in [0.4, 0.5) is 0 Å². The van der Waals surface area contributed by atoms with Crippen molar-refractivity contribution in [2.45, 2.75) is 34.4 Å². The topological polar surface area (TPSA) is 83.9 Å². The summed E-state index contributed by atoms with van der Waals surface area (Å²) in [5.41, 5.74) is 0.764. The molecule has 0 aromatic heterocycles. The van der Waals surface area contributed by atoms with Gasteiger partial charge in [0.25, 0.3) is 0 Å². The molecule has 148 valence electrons. The first-order valence-corrected chi connectivity index (χ1v) is 12.2. The summed E-state index contributed by atoms with van der Waals surface area (Å²) < 4.78 is 54.7. The zero-order chi connectivity index (χ0) is 19.9. The molecule has 1 atom stereocenters. The van der Waals surface area contributed by atoms with Gasteiger partial charge in [-0.05, 0) is 30.5 Å². The van der Waals surface area contributed by atoms with Crippen molar-refractivity contribution in [3.63, 3.8) is 0 Å². The van der Waals surface area contributed by atoms with E-state index in [1.165, 1.54) is 25.2 Å². The van der Waals surface area contributed by atoms with Crippen LogP contribution < -0.4 is 0 Å². The highest BCUT2D eigenvalue weighted by atomic mass is 32.2. The number of benzene rings is 2. The molecule has 1 heterocycles. The Balaban J connectivity index is 1.85. The SMILES string of the molecule is CN=C1c2ccccc2S(=O)(=O)C1N(CCC1CC1)S(=O)(=O)c1ccccc1. The third kappa shape index (κ3) is 3.19. The lowest BCUT2D eigenvalue weighted by molar-refractivity contribution is 0.405. The van der Waals surface area contributed by atoms with Crippen molar-refractivity contribution in [2.24, 2.45) is 10.9 Å². The lowest BCUT2D eigenvalue weighted by Crippen LogP contribution is -2.47. The average molecular weight is 419 g/mol. The van der Waals surface area contributed by atoms with E-state index in [1.807, 2.05) is 0 Å². The second kappa shape index (κ2) is 7.09. The van der Waals surface area contributed by atoms with E-state index < -0.39 is 25.2 Å². The van der Waals surface area contributed by atoms with Gasteiger partial charge in [-0.3, -0.25) is 4.99 Å². The van der Waals surface area contributed by atoms with Crippen molar-refractivity contribution in [2.75, 3.05) is 13.6 Å². The van der Waals surface area contributed by atoms with Crippen molar-refractivity contribution in [1.29, 1.82) is 0 Å². The Labute approximate surface area is 165 Å². The summed E-state index contributed by atoms with van der Waals surface area (Å²) in [4.78, 5) is 4.44. The van der Waals surface area contributed by atoms with Gasteiger partial charge in [-0.15, -0.1) is 0 Å². The number of hydrogen-bond acceptors (Lipinski definition) is 5. The lowest BCUT2D eigenvalue weighted by atomic mass is 10.1. The number of rotatable bonds is 6. The molecule has 2 aliphatic rings. The highest BCUT2D eigenvalue weighted by molar-refractivity contribution is 7.95. The van der Waals surface area contributed by atoms with E-state index in [9.17, 15) is 16.8 Å². The summed E-state index contributed by atoms with van der Waals surface area (Å²) >= 11 is 0. The average Bonchev–Trinajstić information content (AvgIpc) is 3.49. The van der Waals surface area contributed by atoms with Crippen LogP contribution in [0.1, 0.15) is 24.8 Å². The van der Waals surface area contributed by atoms with E-state index in [0.717, 1.165) is 17.1 Å². The fraction of sp³-hybridized carbons (Fsp3) is 0.350. The van der Waals surface area contributed by atoms with Gasteiger partial charge in [0.15, 0.2) is 5.37 Å². The van der Waals surface area contributed by atoms with Gasteiger partial charge in [-0.1, -0.05) is 49.2 Å². The lowest BCUT2D eigenvalue weighted by Gasteiger charge is -2.28. The van der Waals surface area contributed by atoms with Gasteiger partial charge < -0.3 is 0 Å². The number of sulfone groups is 1. The molecule has 0 saturated heterocycles. The third-order valence-corrected chi connectivity index (χ3v) is 9.35. The number of hydrogen-bond donors (Lipinski definition) is 0. The van der Waals surface area contributed by atoms with Gasteiger partial charge in [0.1, 0.15) is 0 Å². The minimum atomic E-state index is -4.01.